The fourth-order valence-electron chi connectivity index (χ4n) is 1.17. The van der Waals surface area contributed by atoms with E-state index in [0.717, 1.165) is 15.0 Å². The van der Waals surface area contributed by atoms with Crippen LogP contribution in [-0.4, -0.2) is 4.98 Å². The van der Waals surface area contributed by atoms with Gasteiger partial charge >= 0.3 is 0 Å². The molecule has 0 radical (unpaired) electrons. The second kappa shape index (κ2) is 2.82. The molecule has 1 nitrogen and oxygen atoms in total. The van der Waals surface area contributed by atoms with Gasteiger partial charge in [0.2, 0.25) is 0 Å². The highest BCUT2D eigenvalue weighted by atomic mass is 79.9. The maximum Gasteiger partial charge on any atom is 0.0907 e. The van der Waals surface area contributed by atoms with E-state index in [2.05, 4.69) is 40.0 Å². The lowest BCUT2D eigenvalue weighted by molar-refractivity contribution is 1.34. The third-order valence-electron chi connectivity index (χ3n) is 1.78. The Morgan fingerprint density at radius 3 is 2.83 bits per heavy atom. The second-order valence-electron chi connectivity index (χ2n) is 2.80. The summed E-state index contributed by atoms with van der Waals surface area (Å²) in [5.41, 5.74) is 2.36. The Balaban J connectivity index is 2.83. The van der Waals surface area contributed by atoms with Gasteiger partial charge in [0.1, 0.15) is 0 Å². The van der Waals surface area contributed by atoms with Crippen LogP contribution in [0.15, 0.2) is 16.6 Å². The summed E-state index contributed by atoms with van der Waals surface area (Å²) in [7, 11) is 0. The van der Waals surface area contributed by atoms with Gasteiger partial charge in [-0.1, -0.05) is 15.9 Å². The Morgan fingerprint density at radius 1 is 1.33 bits per heavy atom. The van der Waals surface area contributed by atoms with Crippen molar-refractivity contribution < 1.29 is 0 Å². The van der Waals surface area contributed by atoms with Crippen molar-refractivity contribution >= 4 is 37.5 Å². The first kappa shape index (κ1) is 8.20. The molecule has 12 heavy (non-hydrogen) atoms. The van der Waals surface area contributed by atoms with Crippen molar-refractivity contribution in [3.63, 3.8) is 0 Å². The molecule has 0 amide bonds. The van der Waals surface area contributed by atoms with Crippen LogP contribution in [0.5, 0.6) is 0 Å². The fourth-order valence-corrected chi connectivity index (χ4v) is 2.40. The number of nitrogens with zero attached hydrogens (tertiary/aromatic N) is 1. The molecule has 0 spiro atoms. The molecule has 0 aliphatic heterocycles. The van der Waals surface area contributed by atoms with Gasteiger partial charge in [0.25, 0.3) is 0 Å². The zero-order valence-corrected chi connectivity index (χ0v) is 9.29. The monoisotopic (exact) mass is 241 g/mol. The summed E-state index contributed by atoms with van der Waals surface area (Å²) >= 11 is 5.23. The van der Waals surface area contributed by atoms with Gasteiger partial charge in [-0.15, -0.1) is 11.3 Å². The molecule has 2 aromatic rings. The molecule has 62 valence electrons. The van der Waals surface area contributed by atoms with Gasteiger partial charge in [-0.3, -0.25) is 0 Å². The van der Waals surface area contributed by atoms with E-state index >= 15 is 0 Å². The molecule has 0 saturated heterocycles. The van der Waals surface area contributed by atoms with Gasteiger partial charge < -0.3 is 0 Å². The number of hydrogen-bond acceptors (Lipinski definition) is 2. The topological polar surface area (TPSA) is 12.9 Å². The summed E-state index contributed by atoms with van der Waals surface area (Å²) < 4.78 is 2.41. The predicted molar refractivity (Wildman–Crippen MR) is 56.8 cm³/mol. The minimum Gasteiger partial charge on any atom is -0.241 e. The summed E-state index contributed by atoms with van der Waals surface area (Å²) in [6.07, 6.45) is 0. The van der Waals surface area contributed by atoms with Gasteiger partial charge in [-0.25, -0.2) is 4.98 Å². The Kier molecular flexibility index (Phi) is 1.93. The molecule has 0 saturated carbocycles. The summed E-state index contributed by atoms with van der Waals surface area (Å²) in [6.45, 7) is 4.13. The highest BCUT2D eigenvalue weighted by Gasteiger charge is 2.02. The van der Waals surface area contributed by atoms with Gasteiger partial charge in [-0.2, -0.15) is 0 Å². The number of benzene rings is 1. The van der Waals surface area contributed by atoms with Crippen LogP contribution in [-0.2, 0) is 0 Å². The fraction of sp³-hybridized carbons (Fsp3) is 0.222. The van der Waals surface area contributed by atoms with Crippen molar-refractivity contribution in [2.75, 3.05) is 0 Å². The van der Waals surface area contributed by atoms with Crippen molar-refractivity contribution in [1.29, 1.82) is 0 Å². The van der Waals surface area contributed by atoms with E-state index in [4.69, 9.17) is 0 Å². The highest BCUT2D eigenvalue weighted by molar-refractivity contribution is 9.10. The van der Waals surface area contributed by atoms with Crippen LogP contribution >= 0.6 is 27.3 Å². The average molecular weight is 242 g/mol. The van der Waals surface area contributed by atoms with Crippen molar-refractivity contribution in [3.8, 4) is 0 Å². The smallest absolute Gasteiger partial charge is 0.0907 e. The molecule has 0 unspecified atom stereocenters. The zero-order chi connectivity index (χ0) is 8.72. The van der Waals surface area contributed by atoms with E-state index in [0.29, 0.717) is 0 Å². The lowest BCUT2D eigenvalue weighted by atomic mass is 10.2. The van der Waals surface area contributed by atoms with Gasteiger partial charge in [0, 0.05) is 4.47 Å². The molecule has 0 fully saturated rings. The molecule has 2 rings (SSSR count). The molecule has 0 aliphatic carbocycles. The van der Waals surface area contributed by atoms with Crippen LogP contribution in [0.2, 0.25) is 0 Å². The number of halogens is 1. The van der Waals surface area contributed by atoms with Gasteiger partial charge in [-0.05, 0) is 31.5 Å². The molecule has 0 aliphatic rings. The molecule has 0 bridgehead atoms. The Bertz CT molecular complexity index is 394. The minimum atomic E-state index is 1.09. The summed E-state index contributed by atoms with van der Waals surface area (Å²) in [6, 6.07) is 4.25. The third-order valence-corrected chi connectivity index (χ3v) is 3.56. The van der Waals surface area contributed by atoms with Gasteiger partial charge in [0.05, 0.1) is 15.2 Å². The van der Waals surface area contributed by atoms with E-state index in [1.165, 1.54) is 10.3 Å². The van der Waals surface area contributed by atoms with Crippen LogP contribution in [0.4, 0.5) is 0 Å². The van der Waals surface area contributed by atoms with Crippen LogP contribution in [0.1, 0.15) is 10.6 Å². The van der Waals surface area contributed by atoms with Crippen LogP contribution in [0.3, 0.4) is 0 Å². The SMILES string of the molecule is Cc1nc2cc(Br)c(C)cc2s1. The van der Waals surface area contributed by atoms with E-state index < -0.39 is 0 Å². The standard InChI is InChI=1S/C9H8BrNS/c1-5-3-9-8(4-7(5)10)11-6(2)12-9/h3-4H,1-2H3. The third kappa shape index (κ3) is 1.27. The number of hydrogen-bond donors (Lipinski definition) is 0. The van der Waals surface area contributed by atoms with Crippen molar-refractivity contribution in [2.24, 2.45) is 0 Å². The first-order chi connectivity index (χ1) is 5.66. The molecular formula is C9H8BrNS. The summed E-state index contributed by atoms with van der Waals surface area (Å²) in [5, 5.41) is 1.13. The Labute approximate surface area is 83.6 Å². The molecule has 0 N–H and O–H groups in total. The van der Waals surface area contributed by atoms with Crippen molar-refractivity contribution in [3.05, 3.63) is 27.2 Å². The lowest BCUT2D eigenvalue weighted by Gasteiger charge is -1.95. The van der Waals surface area contributed by atoms with Crippen LogP contribution in [0, 0.1) is 13.8 Å². The zero-order valence-electron chi connectivity index (χ0n) is 6.89. The molecule has 0 atom stereocenters. The molecule has 1 aromatic heterocycles. The van der Waals surface area contributed by atoms with Crippen LogP contribution < -0.4 is 0 Å². The number of rotatable bonds is 0. The Morgan fingerprint density at radius 2 is 2.08 bits per heavy atom. The summed E-state index contributed by atoms with van der Waals surface area (Å²) in [5.74, 6) is 0. The molecular weight excluding hydrogens is 234 g/mol. The summed E-state index contributed by atoms with van der Waals surface area (Å²) in [4.78, 5) is 4.40. The van der Waals surface area contributed by atoms with Gasteiger partial charge in [0.15, 0.2) is 0 Å². The van der Waals surface area contributed by atoms with E-state index in [1.807, 2.05) is 6.92 Å². The first-order valence-electron chi connectivity index (χ1n) is 3.70. The Hall–Kier alpha value is -0.410. The lowest BCUT2D eigenvalue weighted by Crippen LogP contribution is -1.74. The first-order valence-corrected chi connectivity index (χ1v) is 5.31. The normalized spacial score (nSPS) is 10.9. The van der Waals surface area contributed by atoms with E-state index in [1.54, 1.807) is 11.3 Å². The minimum absolute atomic E-state index is 1.09. The number of aromatic nitrogens is 1. The number of fused-ring (bicyclic) bond motifs is 1. The molecule has 1 aromatic carbocycles. The largest absolute Gasteiger partial charge is 0.241 e. The quantitative estimate of drug-likeness (QED) is 0.686. The maximum absolute atomic E-state index is 4.40. The van der Waals surface area contributed by atoms with E-state index in [-0.39, 0.29) is 0 Å². The van der Waals surface area contributed by atoms with Crippen molar-refractivity contribution in [2.45, 2.75) is 13.8 Å². The predicted octanol–water partition coefficient (Wildman–Crippen LogP) is 3.68. The van der Waals surface area contributed by atoms with Crippen LogP contribution in [0.25, 0.3) is 10.2 Å². The second-order valence-corrected chi connectivity index (χ2v) is 4.89. The number of thiazole rings is 1. The maximum atomic E-state index is 4.40. The van der Waals surface area contributed by atoms with Crippen molar-refractivity contribution in [1.82, 2.24) is 4.98 Å². The van der Waals surface area contributed by atoms with E-state index in [9.17, 15) is 0 Å². The average Bonchev–Trinajstić information content (AvgIpc) is 2.30. The molecule has 3 heteroatoms. The number of aryl methyl sites for hydroxylation is 2. The highest BCUT2D eigenvalue weighted by Crippen LogP contribution is 2.27. The molecule has 1 heterocycles.